The molecule has 0 rings (SSSR count). The average Bonchev–Trinajstić information content (AvgIpc) is 1.67. The van der Waals surface area contributed by atoms with Crippen molar-refractivity contribution in [2.75, 3.05) is 0 Å². The minimum Gasteiger partial charge on any atom is -0.475 e. The van der Waals surface area contributed by atoms with Gasteiger partial charge >= 0.3 is 5.97 Å². The van der Waals surface area contributed by atoms with E-state index in [1.54, 1.807) is 0 Å². The minimum atomic E-state index is -1.45. The van der Waals surface area contributed by atoms with Gasteiger partial charge in [-0.05, 0) is 0 Å². The molecule has 0 saturated carbocycles. The predicted octanol–water partition coefficient (Wildman–Crippen LogP) is -1.60. The van der Waals surface area contributed by atoms with Gasteiger partial charge in [0.25, 0.3) is 5.78 Å². The second-order valence-corrected chi connectivity index (χ2v) is 1.07. The molecule has 4 N–H and O–H groups in total. The van der Waals surface area contributed by atoms with Gasteiger partial charge in [0.1, 0.15) is 0 Å². The fraction of sp³-hybridized carbons (Fsp3) is 0. The molecule has 4 nitrogen and oxygen atoms in total. The predicted molar refractivity (Wildman–Crippen MR) is 24.7 cm³/mol. The number of carbonyl (C=O) groups is 2. The molecule has 8 heavy (non-hydrogen) atoms. The van der Waals surface area contributed by atoms with Crippen molar-refractivity contribution in [2.45, 2.75) is 0 Å². The van der Waals surface area contributed by atoms with E-state index >= 15 is 0 Å². The van der Waals surface area contributed by atoms with Crippen LogP contribution in [0.5, 0.6) is 0 Å². The number of hydrogen-bond donors (Lipinski definition) is 2. The molecule has 0 saturated heterocycles. The molecule has 0 aliphatic carbocycles. The van der Waals surface area contributed by atoms with Gasteiger partial charge in [0.2, 0.25) is 0 Å². The van der Waals surface area contributed by atoms with Crippen molar-refractivity contribution in [2.24, 2.45) is 0 Å². The molecule has 0 aliphatic rings. The lowest BCUT2D eigenvalue weighted by Gasteiger charge is -1.76. The molecule has 0 aromatic carbocycles. The maximum Gasteiger partial charge on any atom is 0.376 e. The number of quaternary nitrogens is 1. The van der Waals surface area contributed by atoms with Gasteiger partial charge in [-0.1, -0.05) is 0 Å². The van der Waals surface area contributed by atoms with Crippen LogP contribution in [0.1, 0.15) is 0 Å². The first kappa shape index (κ1) is 6.84. The van der Waals surface area contributed by atoms with Crippen LogP contribution in [0.25, 0.3) is 0 Å². The van der Waals surface area contributed by atoms with Gasteiger partial charge < -0.3 is 10.8 Å². The molecule has 0 unspecified atom stereocenters. The maximum absolute atomic E-state index is 10.0. The van der Waals surface area contributed by atoms with Gasteiger partial charge in [-0.25, -0.2) is 4.79 Å². The Morgan fingerprint density at radius 2 is 2.00 bits per heavy atom. The first-order chi connectivity index (χ1) is 3.68. The zero-order valence-corrected chi connectivity index (χ0v) is 4.13. The third-order valence-corrected chi connectivity index (χ3v) is 0.480. The number of aliphatic carboxylic acids is 1. The summed E-state index contributed by atoms with van der Waals surface area (Å²) in [6, 6.07) is 0. The molecule has 0 spiro atoms. The molecule has 4 heteroatoms. The van der Waals surface area contributed by atoms with E-state index in [0.717, 1.165) is 12.3 Å². The van der Waals surface area contributed by atoms with E-state index in [1.807, 2.05) is 0 Å². The number of carboxylic acids is 1. The number of carboxylic acid groups (broad SMARTS) is 1. The van der Waals surface area contributed by atoms with Crippen molar-refractivity contribution in [3.8, 4) is 0 Å². The highest BCUT2D eigenvalue weighted by Gasteiger charge is 2.04. The van der Waals surface area contributed by atoms with Crippen molar-refractivity contribution in [1.29, 1.82) is 0 Å². The quantitative estimate of drug-likeness (QED) is 0.336. The minimum absolute atomic E-state index is 0.891. The zero-order chi connectivity index (χ0) is 6.57. The van der Waals surface area contributed by atoms with E-state index in [0.29, 0.717) is 0 Å². The maximum atomic E-state index is 10.0. The molecule has 0 aliphatic heterocycles. The Kier molecular flexibility index (Phi) is 2.50. The van der Waals surface area contributed by atoms with Crippen LogP contribution >= 0.6 is 0 Å². The molecule has 0 bridgehead atoms. The lowest BCUT2D eigenvalue weighted by molar-refractivity contribution is -0.274. The summed E-state index contributed by atoms with van der Waals surface area (Å²) in [4.78, 5) is 19.7. The van der Waals surface area contributed by atoms with Crippen LogP contribution < -0.4 is 5.73 Å². The van der Waals surface area contributed by atoms with Crippen LogP contribution in [0.2, 0.25) is 0 Å². The van der Waals surface area contributed by atoms with Crippen molar-refractivity contribution in [3.05, 3.63) is 12.3 Å². The molecule has 0 heterocycles. The summed E-state index contributed by atoms with van der Waals surface area (Å²) in [6.07, 6.45) is 2.03. The normalized spacial score (nSPS) is 9.62. The number of hydrogen-bond acceptors (Lipinski definition) is 2. The first-order valence-corrected chi connectivity index (χ1v) is 1.91. The van der Waals surface area contributed by atoms with Gasteiger partial charge in [-0.3, -0.25) is 4.79 Å². The van der Waals surface area contributed by atoms with E-state index in [-0.39, 0.29) is 0 Å². The average molecular weight is 116 g/mol. The van der Waals surface area contributed by atoms with Crippen LogP contribution in [-0.4, -0.2) is 16.9 Å². The number of rotatable bonds is 2. The first-order valence-electron chi connectivity index (χ1n) is 1.91. The van der Waals surface area contributed by atoms with E-state index in [1.165, 1.54) is 0 Å². The molecular formula is C4H6NO3+. The van der Waals surface area contributed by atoms with E-state index in [2.05, 4.69) is 5.73 Å². The summed E-state index contributed by atoms with van der Waals surface area (Å²) < 4.78 is 0. The van der Waals surface area contributed by atoms with Gasteiger partial charge in [0, 0.05) is 6.08 Å². The van der Waals surface area contributed by atoms with Gasteiger partial charge in [0.05, 0.1) is 6.20 Å². The molecule has 0 radical (unpaired) electrons. The van der Waals surface area contributed by atoms with Crippen molar-refractivity contribution in [1.82, 2.24) is 0 Å². The Balaban J connectivity index is 3.85. The summed E-state index contributed by atoms with van der Waals surface area (Å²) in [5.41, 5.74) is 3.14. The summed E-state index contributed by atoms with van der Waals surface area (Å²) in [6.45, 7) is 0. The summed E-state index contributed by atoms with van der Waals surface area (Å²) in [5.74, 6) is -2.40. The van der Waals surface area contributed by atoms with Crippen LogP contribution in [0.15, 0.2) is 12.3 Å². The van der Waals surface area contributed by atoms with Crippen molar-refractivity contribution in [3.63, 3.8) is 0 Å². The lowest BCUT2D eigenvalue weighted by Crippen LogP contribution is -2.39. The van der Waals surface area contributed by atoms with Crippen LogP contribution in [-0.2, 0) is 9.59 Å². The second kappa shape index (κ2) is 2.92. The topological polar surface area (TPSA) is 82.0 Å². The van der Waals surface area contributed by atoms with E-state index < -0.39 is 11.8 Å². The standard InChI is InChI=1S/C4H5NO3/c5-2-1-3(6)4(7)8/h1-2H,5H2,(H,7,8)/p+1/b2-1-. The van der Waals surface area contributed by atoms with E-state index in [9.17, 15) is 9.59 Å². The molecule has 0 atom stereocenters. The van der Waals surface area contributed by atoms with Crippen molar-refractivity contribution >= 4 is 11.8 Å². The Hall–Kier alpha value is -1.16. The Bertz CT molecular complexity index is 138. The van der Waals surface area contributed by atoms with Gasteiger partial charge in [-0.2, -0.15) is 0 Å². The molecule has 0 aromatic rings. The highest BCUT2D eigenvalue weighted by atomic mass is 16.4. The number of carbonyl (C=O) groups excluding carboxylic acids is 1. The summed E-state index contributed by atoms with van der Waals surface area (Å²) in [7, 11) is 0. The SMILES string of the molecule is [NH3+]/C=C\C(=O)C(=O)O. The zero-order valence-electron chi connectivity index (χ0n) is 4.13. The molecule has 44 valence electrons. The monoisotopic (exact) mass is 116 g/mol. The van der Waals surface area contributed by atoms with Gasteiger partial charge in [0.15, 0.2) is 0 Å². The smallest absolute Gasteiger partial charge is 0.376 e. The van der Waals surface area contributed by atoms with E-state index in [4.69, 9.17) is 5.11 Å². The lowest BCUT2D eigenvalue weighted by atomic mass is 10.4. The summed E-state index contributed by atoms with van der Waals surface area (Å²) >= 11 is 0. The van der Waals surface area contributed by atoms with Crippen LogP contribution in [0, 0.1) is 0 Å². The Labute approximate surface area is 45.6 Å². The molecular weight excluding hydrogens is 110 g/mol. The fourth-order valence-corrected chi connectivity index (χ4v) is 0.178. The Morgan fingerprint density at radius 3 is 2.12 bits per heavy atom. The van der Waals surface area contributed by atoms with Gasteiger partial charge in [-0.15, -0.1) is 0 Å². The fourth-order valence-electron chi connectivity index (χ4n) is 0.178. The Morgan fingerprint density at radius 1 is 1.50 bits per heavy atom. The highest BCUT2D eigenvalue weighted by Crippen LogP contribution is 1.70. The molecule has 0 amide bonds. The molecule has 0 aromatic heterocycles. The molecule has 0 fully saturated rings. The van der Waals surface area contributed by atoms with Crippen LogP contribution in [0.4, 0.5) is 0 Å². The van der Waals surface area contributed by atoms with Crippen LogP contribution in [0.3, 0.4) is 0 Å². The summed E-state index contributed by atoms with van der Waals surface area (Å²) in [5, 5.41) is 7.88. The highest BCUT2D eigenvalue weighted by molar-refractivity contribution is 6.37. The van der Waals surface area contributed by atoms with Crippen molar-refractivity contribution < 1.29 is 20.4 Å². The largest absolute Gasteiger partial charge is 0.475 e. The third kappa shape index (κ3) is 2.09. The third-order valence-electron chi connectivity index (χ3n) is 0.480. The number of ketones is 1. The second-order valence-electron chi connectivity index (χ2n) is 1.07.